The zero-order chi connectivity index (χ0) is 14.5. The molecule has 0 amide bonds. The number of rotatable bonds is 5. The fourth-order valence-corrected chi connectivity index (χ4v) is 2.00. The van der Waals surface area contributed by atoms with Crippen LogP contribution in [0.5, 0.6) is 5.88 Å². The Bertz CT molecular complexity index is 675. The molecule has 0 radical (unpaired) electrons. The van der Waals surface area contributed by atoms with Crippen LogP contribution in [0, 0.1) is 0 Å². The lowest BCUT2D eigenvalue weighted by Crippen LogP contribution is -2.01. The van der Waals surface area contributed by atoms with Gasteiger partial charge in [-0.1, -0.05) is 12.1 Å². The lowest BCUT2D eigenvalue weighted by Gasteiger charge is -2.08. The molecule has 2 aromatic heterocycles. The van der Waals surface area contributed by atoms with E-state index in [-0.39, 0.29) is 0 Å². The third-order valence-corrected chi connectivity index (χ3v) is 3.15. The summed E-state index contributed by atoms with van der Waals surface area (Å²) in [6.07, 6.45) is 5.46. The van der Waals surface area contributed by atoms with Crippen LogP contribution in [-0.4, -0.2) is 21.9 Å². The fourth-order valence-electron chi connectivity index (χ4n) is 2.00. The van der Waals surface area contributed by atoms with Gasteiger partial charge >= 0.3 is 0 Å². The van der Waals surface area contributed by atoms with Gasteiger partial charge in [-0.15, -0.1) is 0 Å². The average Bonchev–Trinajstić information content (AvgIpc) is 3.08. The van der Waals surface area contributed by atoms with E-state index in [1.54, 1.807) is 19.5 Å². The first-order valence-corrected chi connectivity index (χ1v) is 6.68. The molecule has 5 nitrogen and oxygen atoms in total. The number of anilines is 1. The van der Waals surface area contributed by atoms with Crippen LogP contribution < -0.4 is 10.1 Å². The van der Waals surface area contributed by atoms with Crippen LogP contribution >= 0.6 is 0 Å². The van der Waals surface area contributed by atoms with Crippen molar-refractivity contribution in [2.75, 3.05) is 12.4 Å². The van der Waals surface area contributed by atoms with E-state index in [1.165, 1.54) is 5.56 Å². The van der Waals surface area contributed by atoms with Crippen molar-refractivity contribution in [2.24, 2.45) is 0 Å². The van der Waals surface area contributed by atoms with E-state index < -0.39 is 0 Å². The predicted octanol–water partition coefficient (Wildman–Crippen LogP) is 2.89. The first-order valence-electron chi connectivity index (χ1n) is 6.68. The molecule has 0 aliphatic heterocycles. The van der Waals surface area contributed by atoms with Crippen molar-refractivity contribution in [1.29, 1.82) is 0 Å². The Kier molecular flexibility index (Phi) is 3.82. The molecule has 0 atom stereocenters. The van der Waals surface area contributed by atoms with E-state index in [0.717, 1.165) is 17.9 Å². The van der Waals surface area contributed by atoms with Crippen molar-refractivity contribution >= 4 is 5.69 Å². The molecule has 3 aromatic rings. The number of hydrogen-bond donors (Lipinski definition) is 1. The normalized spacial score (nSPS) is 10.3. The molecule has 0 saturated carbocycles. The van der Waals surface area contributed by atoms with Crippen molar-refractivity contribution in [2.45, 2.75) is 6.54 Å². The van der Waals surface area contributed by atoms with Crippen molar-refractivity contribution in [3.63, 3.8) is 0 Å². The fraction of sp³-hybridized carbons (Fsp3) is 0.125. The molecule has 2 heterocycles. The zero-order valence-corrected chi connectivity index (χ0v) is 11.7. The summed E-state index contributed by atoms with van der Waals surface area (Å²) in [5, 5.41) is 7.53. The minimum atomic E-state index is 0.615. The van der Waals surface area contributed by atoms with Gasteiger partial charge in [-0.2, -0.15) is 5.10 Å². The van der Waals surface area contributed by atoms with Gasteiger partial charge in [-0.05, 0) is 29.8 Å². The Labute approximate surface area is 123 Å². The van der Waals surface area contributed by atoms with Gasteiger partial charge in [0.05, 0.1) is 24.7 Å². The van der Waals surface area contributed by atoms with Crippen LogP contribution in [0.4, 0.5) is 5.69 Å². The molecule has 0 bridgehead atoms. The quantitative estimate of drug-likeness (QED) is 0.780. The number of nitrogens with zero attached hydrogens (tertiary/aromatic N) is 3. The molecule has 1 N–H and O–H groups in total. The molecule has 0 spiro atoms. The molecular formula is C16H16N4O. The second-order valence-corrected chi connectivity index (χ2v) is 4.56. The van der Waals surface area contributed by atoms with Crippen LogP contribution in [0.1, 0.15) is 5.56 Å². The van der Waals surface area contributed by atoms with E-state index in [1.807, 2.05) is 29.1 Å². The maximum absolute atomic E-state index is 5.03. The standard InChI is InChI=1S/C16H16N4O/c1-21-16-8-5-14(12-18-16)17-11-13-3-6-15(7-4-13)20-10-2-9-19-20/h2-10,12,17H,11H2,1H3. The first-order chi connectivity index (χ1) is 10.3. The summed E-state index contributed by atoms with van der Waals surface area (Å²) in [5.41, 5.74) is 3.21. The Hall–Kier alpha value is -2.82. The second-order valence-electron chi connectivity index (χ2n) is 4.56. The van der Waals surface area contributed by atoms with Crippen molar-refractivity contribution in [3.8, 4) is 11.6 Å². The molecule has 106 valence electrons. The minimum Gasteiger partial charge on any atom is -0.481 e. The van der Waals surface area contributed by atoms with Crippen LogP contribution in [0.25, 0.3) is 5.69 Å². The SMILES string of the molecule is COc1ccc(NCc2ccc(-n3cccn3)cc2)cn1. The van der Waals surface area contributed by atoms with Gasteiger partial charge in [0.15, 0.2) is 0 Å². The molecule has 5 heteroatoms. The van der Waals surface area contributed by atoms with Gasteiger partial charge in [-0.25, -0.2) is 9.67 Å². The van der Waals surface area contributed by atoms with Crippen LogP contribution in [0.15, 0.2) is 61.1 Å². The highest BCUT2D eigenvalue weighted by Gasteiger charge is 1.98. The summed E-state index contributed by atoms with van der Waals surface area (Å²) in [6.45, 7) is 0.743. The first kappa shape index (κ1) is 13.2. The zero-order valence-electron chi connectivity index (χ0n) is 11.7. The Morgan fingerprint density at radius 3 is 2.62 bits per heavy atom. The topological polar surface area (TPSA) is 52.0 Å². The largest absolute Gasteiger partial charge is 0.481 e. The highest BCUT2D eigenvalue weighted by molar-refractivity contribution is 5.43. The highest BCUT2D eigenvalue weighted by atomic mass is 16.5. The van der Waals surface area contributed by atoms with Gasteiger partial charge in [0.2, 0.25) is 5.88 Å². The van der Waals surface area contributed by atoms with Crippen LogP contribution in [0.3, 0.4) is 0 Å². The third-order valence-electron chi connectivity index (χ3n) is 3.15. The van der Waals surface area contributed by atoms with Crippen LogP contribution in [-0.2, 0) is 6.54 Å². The van der Waals surface area contributed by atoms with E-state index in [2.05, 4.69) is 39.7 Å². The van der Waals surface area contributed by atoms with Gasteiger partial charge in [0.1, 0.15) is 0 Å². The Balaban J connectivity index is 1.62. The van der Waals surface area contributed by atoms with Gasteiger partial charge < -0.3 is 10.1 Å². The highest BCUT2D eigenvalue weighted by Crippen LogP contribution is 2.13. The van der Waals surface area contributed by atoms with E-state index >= 15 is 0 Å². The third kappa shape index (κ3) is 3.20. The number of aromatic nitrogens is 3. The average molecular weight is 280 g/mol. The van der Waals surface area contributed by atoms with E-state index in [0.29, 0.717) is 5.88 Å². The minimum absolute atomic E-state index is 0.615. The molecule has 0 unspecified atom stereocenters. The predicted molar refractivity (Wildman–Crippen MR) is 81.7 cm³/mol. The number of hydrogen-bond acceptors (Lipinski definition) is 4. The van der Waals surface area contributed by atoms with E-state index in [4.69, 9.17) is 4.74 Å². The molecule has 0 aliphatic carbocycles. The molecule has 0 fully saturated rings. The lowest BCUT2D eigenvalue weighted by atomic mass is 10.2. The summed E-state index contributed by atoms with van der Waals surface area (Å²) < 4.78 is 6.87. The maximum Gasteiger partial charge on any atom is 0.213 e. The summed E-state index contributed by atoms with van der Waals surface area (Å²) in [6, 6.07) is 14.0. The Morgan fingerprint density at radius 2 is 2.00 bits per heavy atom. The summed E-state index contributed by atoms with van der Waals surface area (Å²) >= 11 is 0. The van der Waals surface area contributed by atoms with Gasteiger partial charge in [0.25, 0.3) is 0 Å². The number of benzene rings is 1. The van der Waals surface area contributed by atoms with Gasteiger partial charge in [-0.3, -0.25) is 0 Å². The van der Waals surface area contributed by atoms with Crippen molar-refractivity contribution in [3.05, 3.63) is 66.6 Å². The second kappa shape index (κ2) is 6.09. The number of methoxy groups -OCH3 is 1. The number of pyridine rings is 1. The molecule has 3 rings (SSSR count). The molecular weight excluding hydrogens is 264 g/mol. The lowest BCUT2D eigenvalue weighted by molar-refractivity contribution is 0.398. The smallest absolute Gasteiger partial charge is 0.213 e. The van der Waals surface area contributed by atoms with Crippen molar-refractivity contribution < 1.29 is 4.74 Å². The van der Waals surface area contributed by atoms with Crippen LogP contribution in [0.2, 0.25) is 0 Å². The molecule has 0 saturated heterocycles. The summed E-state index contributed by atoms with van der Waals surface area (Å²) in [4.78, 5) is 4.16. The van der Waals surface area contributed by atoms with E-state index in [9.17, 15) is 0 Å². The van der Waals surface area contributed by atoms with Crippen molar-refractivity contribution in [1.82, 2.24) is 14.8 Å². The molecule has 1 aromatic carbocycles. The van der Waals surface area contributed by atoms with Gasteiger partial charge in [0, 0.05) is 25.0 Å². The summed E-state index contributed by atoms with van der Waals surface area (Å²) in [7, 11) is 1.61. The molecule has 21 heavy (non-hydrogen) atoms. The number of nitrogens with one attached hydrogen (secondary N) is 1. The Morgan fingerprint density at radius 1 is 1.14 bits per heavy atom. The molecule has 0 aliphatic rings. The maximum atomic E-state index is 5.03. The summed E-state index contributed by atoms with van der Waals surface area (Å²) in [5.74, 6) is 0.615. The monoisotopic (exact) mass is 280 g/mol. The number of ether oxygens (including phenoxy) is 1.